The minimum Gasteiger partial charge on any atom is -0.372 e. The van der Waals surface area contributed by atoms with E-state index in [-0.39, 0.29) is 11.6 Å². The summed E-state index contributed by atoms with van der Waals surface area (Å²) in [6, 6.07) is 8.01. The summed E-state index contributed by atoms with van der Waals surface area (Å²) in [5.41, 5.74) is 2.60. The van der Waals surface area contributed by atoms with Crippen molar-refractivity contribution in [3.05, 3.63) is 35.4 Å². The van der Waals surface area contributed by atoms with Gasteiger partial charge in [0, 0.05) is 31.0 Å². The van der Waals surface area contributed by atoms with E-state index in [1.165, 1.54) is 0 Å². The maximum atomic E-state index is 12.4. The first kappa shape index (κ1) is 17.7. The number of guanidine groups is 1. The largest absolute Gasteiger partial charge is 0.372 e. The molecule has 0 fully saturated rings. The molecule has 1 amide bonds. The second-order valence-corrected chi connectivity index (χ2v) is 5.56. The molecule has 0 spiro atoms. The van der Waals surface area contributed by atoms with Gasteiger partial charge >= 0.3 is 0 Å². The van der Waals surface area contributed by atoms with Gasteiger partial charge in [0.1, 0.15) is 0 Å². The highest BCUT2D eigenvalue weighted by Crippen LogP contribution is 2.17. The quantitative estimate of drug-likeness (QED) is 0.552. The number of carbonyl (C=O) groups excluding carboxylic acids is 1. The molecule has 0 aliphatic carbocycles. The van der Waals surface area contributed by atoms with Crippen molar-refractivity contribution in [3.63, 3.8) is 0 Å². The Morgan fingerprint density at radius 1 is 1.33 bits per heavy atom. The molecule has 0 bridgehead atoms. The number of nitrogens with one attached hydrogen (secondary N) is 3. The lowest BCUT2D eigenvalue weighted by atomic mass is 10.1. The molecular formula is C18H25N5O. The molecule has 3 N–H and O–H groups in total. The van der Waals surface area contributed by atoms with Gasteiger partial charge in [0.25, 0.3) is 5.91 Å². The minimum atomic E-state index is -0.316. The van der Waals surface area contributed by atoms with Crippen molar-refractivity contribution >= 4 is 29.3 Å². The second kappa shape index (κ2) is 8.29. The van der Waals surface area contributed by atoms with Gasteiger partial charge in [-0.25, -0.2) is 0 Å². The van der Waals surface area contributed by atoms with Gasteiger partial charge in [0.05, 0.1) is 12.1 Å². The van der Waals surface area contributed by atoms with E-state index in [0.29, 0.717) is 18.1 Å². The number of hydrogen-bond donors (Lipinski definition) is 3. The summed E-state index contributed by atoms with van der Waals surface area (Å²) < 4.78 is 0. The summed E-state index contributed by atoms with van der Waals surface area (Å²) in [4.78, 5) is 18.8. The van der Waals surface area contributed by atoms with E-state index < -0.39 is 0 Å². The predicted molar refractivity (Wildman–Crippen MR) is 99.8 cm³/mol. The van der Waals surface area contributed by atoms with Crippen LogP contribution in [-0.4, -0.2) is 43.8 Å². The Hall–Kier alpha value is -2.63. The Morgan fingerprint density at radius 3 is 2.50 bits per heavy atom. The smallest absolute Gasteiger partial charge is 0.259 e. The molecule has 0 atom stereocenters. The molecule has 1 aliphatic rings. The van der Waals surface area contributed by atoms with Gasteiger partial charge < -0.3 is 15.6 Å². The topological polar surface area (TPSA) is 80.6 Å². The van der Waals surface area contributed by atoms with Crippen LogP contribution in [0.2, 0.25) is 0 Å². The second-order valence-electron chi connectivity index (χ2n) is 5.56. The molecule has 0 saturated heterocycles. The van der Waals surface area contributed by atoms with Crippen molar-refractivity contribution in [2.24, 2.45) is 4.99 Å². The zero-order valence-electron chi connectivity index (χ0n) is 14.5. The molecule has 6 heteroatoms. The summed E-state index contributed by atoms with van der Waals surface area (Å²) in [6.45, 7) is 9.15. The molecule has 2 rings (SSSR count). The summed E-state index contributed by atoms with van der Waals surface area (Å²) in [6.07, 6.45) is 1.74. The number of aliphatic imine (C=N–C) groups is 1. The van der Waals surface area contributed by atoms with Crippen LogP contribution in [0.1, 0.15) is 26.3 Å². The van der Waals surface area contributed by atoms with Crippen molar-refractivity contribution in [1.82, 2.24) is 10.6 Å². The number of anilines is 1. The summed E-state index contributed by atoms with van der Waals surface area (Å²) in [7, 11) is 0. The van der Waals surface area contributed by atoms with Gasteiger partial charge in [-0.3, -0.25) is 15.1 Å². The standard InChI is InChI=1S/C18H25N5O/c1-4-23(5-2)15-8-6-14(7-9-15)12-16(13(3)19)17(24)22-18-20-10-11-21-18/h6-9,12,19H,4-5,10-11H2,1-3H3,(H2,20,21,22,24)/b16-12-,19-13?. The molecule has 1 aromatic rings. The summed E-state index contributed by atoms with van der Waals surface area (Å²) in [5, 5.41) is 13.6. The highest BCUT2D eigenvalue weighted by molar-refractivity contribution is 6.25. The summed E-state index contributed by atoms with van der Waals surface area (Å²) in [5.74, 6) is 0.160. The number of rotatable bonds is 6. The van der Waals surface area contributed by atoms with Crippen LogP contribution in [0.3, 0.4) is 0 Å². The lowest BCUT2D eigenvalue weighted by Gasteiger charge is -2.20. The number of amides is 1. The van der Waals surface area contributed by atoms with E-state index in [9.17, 15) is 4.79 Å². The van der Waals surface area contributed by atoms with E-state index in [1.54, 1.807) is 13.0 Å². The lowest BCUT2D eigenvalue weighted by molar-refractivity contribution is -0.115. The van der Waals surface area contributed by atoms with Gasteiger partial charge in [-0.2, -0.15) is 0 Å². The van der Waals surface area contributed by atoms with E-state index in [2.05, 4.69) is 34.4 Å². The molecule has 128 valence electrons. The average molecular weight is 327 g/mol. The molecule has 24 heavy (non-hydrogen) atoms. The molecular weight excluding hydrogens is 302 g/mol. The number of hydrogen-bond acceptors (Lipinski definition) is 5. The molecule has 6 nitrogen and oxygen atoms in total. The van der Waals surface area contributed by atoms with Crippen molar-refractivity contribution in [2.75, 3.05) is 31.1 Å². The monoisotopic (exact) mass is 327 g/mol. The molecule has 1 heterocycles. The number of carbonyl (C=O) groups is 1. The minimum absolute atomic E-state index is 0.221. The zero-order valence-corrected chi connectivity index (χ0v) is 14.5. The SMILES string of the molecule is CCN(CC)c1ccc(/C=C(/C(C)=N)C(=O)NC2=NCCN2)cc1. The van der Waals surface area contributed by atoms with Gasteiger partial charge in [-0.15, -0.1) is 0 Å². The van der Waals surface area contributed by atoms with Gasteiger partial charge in [-0.05, 0) is 44.5 Å². The van der Waals surface area contributed by atoms with E-state index in [4.69, 9.17) is 5.41 Å². The first-order valence-corrected chi connectivity index (χ1v) is 8.27. The number of benzene rings is 1. The van der Waals surface area contributed by atoms with Gasteiger partial charge in [0.2, 0.25) is 0 Å². The van der Waals surface area contributed by atoms with Crippen molar-refractivity contribution in [2.45, 2.75) is 20.8 Å². The Bertz CT molecular complexity index is 656. The van der Waals surface area contributed by atoms with Crippen molar-refractivity contribution in [1.29, 1.82) is 5.41 Å². The number of nitrogens with zero attached hydrogens (tertiary/aromatic N) is 2. The molecule has 0 unspecified atom stereocenters. The van der Waals surface area contributed by atoms with Crippen molar-refractivity contribution in [3.8, 4) is 0 Å². The molecule has 0 radical (unpaired) electrons. The third-order valence-corrected chi connectivity index (χ3v) is 3.89. The van der Waals surface area contributed by atoms with Gasteiger partial charge in [0.15, 0.2) is 5.96 Å². The van der Waals surface area contributed by atoms with E-state index in [0.717, 1.165) is 30.9 Å². The van der Waals surface area contributed by atoms with Gasteiger partial charge in [-0.1, -0.05) is 12.1 Å². The summed E-state index contributed by atoms with van der Waals surface area (Å²) >= 11 is 0. The van der Waals surface area contributed by atoms with Crippen LogP contribution in [0.15, 0.2) is 34.8 Å². The van der Waals surface area contributed by atoms with Crippen LogP contribution in [0.25, 0.3) is 6.08 Å². The Balaban J connectivity index is 2.17. The third kappa shape index (κ3) is 4.44. The highest BCUT2D eigenvalue weighted by Gasteiger charge is 2.15. The van der Waals surface area contributed by atoms with Crippen LogP contribution in [0.4, 0.5) is 5.69 Å². The maximum Gasteiger partial charge on any atom is 0.259 e. The van der Waals surface area contributed by atoms with Crippen molar-refractivity contribution < 1.29 is 4.79 Å². The normalized spacial score (nSPS) is 14.0. The first-order valence-electron chi connectivity index (χ1n) is 8.27. The predicted octanol–water partition coefficient (Wildman–Crippen LogP) is 2.03. The lowest BCUT2D eigenvalue weighted by Crippen LogP contribution is -2.39. The Labute approximate surface area is 143 Å². The van der Waals surface area contributed by atoms with E-state index in [1.807, 2.05) is 24.3 Å². The zero-order chi connectivity index (χ0) is 17.5. The Kier molecular flexibility index (Phi) is 6.12. The molecule has 1 aliphatic heterocycles. The van der Waals surface area contributed by atoms with Crippen LogP contribution in [-0.2, 0) is 4.79 Å². The molecule has 1 aromatic carbocycles. The fourth-order valence-corrected chi connectivity index (χ4v) is 2.54. The average Bonchev–Trinajstić information content (AvgIpc) is 3.07. The molecule has 0 saturated carbocycles. The fourth-order valence-electron chi connectivity index (χ4n) is 2.54. The van der Waals surface area contributed by atoms with Crippen LogP contribution in [0, 0.1) is 5.41 Å². The fraction of sp³-hybridized carbons (Fsp3) is 0.389. The van der Waals surface area contributed by atoms with Crippen LogP contribution in [0.5, 0.6) is 0 Å². The Morgan fingerprint density at radius 2 is 2.00 bits per heavy atom. The van der Waals surface area contributed by atoms with Crippen LogP contribution < -0.4 is 15.5 Å². The molecule has 0 aromatic heterocycles. The first-order chi connectivity index (χ1) is 11.5. The maximum absolute atomic E-state index is 12.4. The van der Waals surface area contributed by atoms with E-state index >= 15 is 0 Å². The highest BCUT2D eigenvalue weighted by atomic mass is 16.1. The third-order valence-electron chi connectivity index (χ3n) is 3.89. The van der Waals surface area contributed by atoms with Crippen LogP contribution >= 0.6 is 0 Å².